The molecule has 0 bridgehead atoms. The second-order valence-corrected chi connectivity index (χ2v) is 3.17. The monoisotopic (exact) mass is 204 g/mol. The van der Waals surface area contributed by atoms with Crippen LogP contribution in [0.1, 0.15) is 19.8 Å². The number of ether oxygens (including phenoxy) is 3. The molecule has 0 spiro atoms. The van der Waals surface area contributed by atoms with Crippen LogP contribution in [0.15, 0.2) is 0 Å². The minimum Gasteiger partial charge on any atom is -0.435 e. The summed E-state index contributed by atoms with van der Waals surface area (Å²) >= 11 is 0. The Labute approximate surface area is 82.9 Å². The molecule has 1 saturated heterocycles. The second kappa shape index (κ2) is 5.82. The predicted molar refractivity (Wildman–Crippen MR) is 48.0 cm³/mol. The highest BCUT2D eigenvalue weighted by molar-refractivity contribution is 5.59. The lowest BCUT2D eigenvalue weighted by atomic mass is 10.1. The molecule has 0 aromatic heterocycles. The van der Waals surface area contributed by atoms with Crippen molar-refractivity contribution in [2.24, 2.45) is 0 Å². The van der Waals surface area contributed by atoms with Gasteiger partial charge in [0.2, 0.25) is 0 Å². The summed E-state index contributed by atoms with van der Waals surface area (Å²) in [6.07, 6.45) is -0.0751. The number of aliphatic hydroxyl groups is 1. The van der Waals surface area contributed by atoms with E-state index in [4.69, 9.17) is 9.47 Å². The fourth-order valence-corrected chi connectivity index (χ4v) is 1.30. The van der Waals surface area contributed by atoms with Crippen molar-refractivity contribution in [1.29, 1.82) is 0 Å². The summed E-state index contributed by atoms with van der Waals surface area (Å²) in [4.78, 5) is 10.8. The lowest BCUT2D eigenvalue weighted by Crippen LogP contribution is -2.33. The van der Waals surface area contributed by atoms with E-state index in [9.17, 15) is 9.90 Å². The molecule has 1 fully saturated rings. The molecular weight excluding hydrogens is 188 g/mol. The van der Waals surface area contributed by atoms with Gasteiger partial charge in [-0.05, 0) is 13.3 Å². The molecule has 2 atom stereocenters. The maximum Gasteiger partial charge on any atom is 0.508 e. The SMILES string of the molecule is CCOC(=O)OC[C@@H]1C[C@H](O)CCO1. The van der Waals surface area contributed by atoms with Gasteiger partial charge in [-0.3, -0.25) is 0 Å². The average molecular weight is 204 g/mol. The van der Waals surface area contributed by atoms with E-state index in [0.717, 1.165) is 0 Å². The zero-order valence-corrected chi connectivity index (χ0v) is 8.27. The van der Waals surface area contributed by atoms with Crippen molar-refractivity contribution >= 4 is 6.16 Å². The smallest absolute Gasteiger partial charge is 0.435 e. The standard InChI is InChI=1S/C9H16O5/c1-2-12-9(11)14-6-8-5-7(10)3-4-13-8/h7-8,10H,2-6H2,1H3/t7-,8+/m1/s1. The van der Waals surface area contributed by atoms with E-state index in [2.05, 4.69) is 4.74 Å². The molecule has 0 aromatic carbocycles. The van der Waals surface area contributed by atoms with E-state index in [1.54, 1.807) is 6.92 Å². The maximum atomic E-state index is 10.8. The van der Waals surface area contributed by atoms with E-state index >= 15 is 0 Å². The van der Waals surface area contributed by atoms with Crippen LogP contribution in [0.4, 0.5) is 4.79 Å². The molecule has 0 saturated carbocycles. The summed E-state index contributed by atoms with van der Waals surface area (Å²) in [5.41, 5.74) is 0. The minimum atomic E-state index is -0.684. The summed E-state index contributed by atoms with van der Waals surface area (Å²) < 4.78 is 14.6. The molecule has 1 aliphatic rings. The zero-order valence-electron chi connectivity index (χ0n) is 8.27. The molecule has 0 aromatic rings. The van der Waals surface area contributed by atoms with Gasteiger partial charge in [0, 0.05) is 13.0 Å². The van der Waals surface area contributed by atoms with Crippen molar-refractivity contribution in [3.8, 4) is 0 Å². The van der Waals surface area contributed by atoms with Gasteiger partial charge in [0.1, 0.15) is 6.61 Å². The van der Waals surface area contributed by atoms with E-state index < -0.39 is 6.16 Å². The summed E-state index contributed by atoms with van der Waals surface area (Å²) in [7, 11) is 0. The predicted octanol–water partition coefficient (Wildman–Crippen LogP) is 0.699. The molecule has 1 aliphatic heterocycles. The van der Waals surface area contributed by atoms with Crippen LogP contribution in [0.3, 0.4) is 0 Å². The van der Waals surface area contributed by atoms with E-state index in [1.165, 1.54) is 0 Å². The van der Waals surface area contributed by atoms with Crippen molar-refractivity contribution in [1.82, 2.24) is 0 Å². The van der Waals surface area contributed by atoms with Gasteiger partial charge >= 0.3 is 6.16 Å². The topological polar surface area (TPSA) is 65.0 Å². The Morgan fingerprint density at radius 3 is 3.00 bits per heavy atom. The first-order chi connectivity index (χ1) is 6.72. The van der Waals surface area contributed by atoms with Gasteiger partial charge in [-0.25, -0.2) is 4.79 Å². The average Bonchev–Trinajstić information content (AvgIpc) is 2.15. The summed E-state index contributed by atoms with van der Waals surface area (Å²) in [5.74, 6) is 0. The Morgan fingerprint density at radius 1 is 1.57 bits per heavy atom. The lowest BCUT2D eigenvalue weighted by molar-refractivity contribution is -0.0735. The van der Waals surface area contributed by atoms with Crippen molar-refractivity contribution in [3.05, 3.63) is 0 Å². The fraction of sp³-hybridized carbons (Fsp3) is 0.889. The first-order valence-electron chi connectivity index (χ1n) is 4.81. The van der Waals surface area contributed by atoms with Crippen LogP contribution in [-0.2, 0) is 14.2 Å². The third kappa shape index (κ3) is 3.93. The molecular formula is C9H16O5. The van der Waals surface area contributed by atoms with Crippen LogP contribution < -0.4 is 0 Å². The molecule has 1 N–H and O–H groups in total. The van der Waals surface area contributed by atoms with Crippen LogP contribution >= 0.6 is 0 Å². The number of hydrogen-bond acceptors (Lipinski definition) is 5. The quantitative estimate of drug-likeness (QED) is 0.685. The Hall–Kier alpha value is -0.810. The van der Waals surface area contributed by atoms with Gasteiger partial charge in [-0.1, -0.05) is 0 Å². The number of aliphatic hydroxyl groups excluding tert-OH is 1. The van der Waals surface area contributed by atoms with Gasteiger partial charge in [0.25, 0.3) is 0 Å². The van der Waals surface area contributed by atoms with Crippen LogP contribution in [0.2, 0.25) is 0 Å². The molecule has 5 nitrogen and oxygen atoms in total. The number of rotatable bonds is 3. The van der Waals surface area contributed by atoms with Crippen LogP contribution in [0, 0.1) is 0 Å². The maximum absolute atomic E-state index is 10.8. The fourth-order valence-electron chi connectivity index (χ4n) is 1.30. The zero-order chi connectivity index (χ0) is 10.4. The number of hydrogen-bond donors (Lipinski definition) is 1. The first kappa shape index (κ1) is 11.3. The summed E-state index contributed by atoms with van der Waals surface area (Å²) in [6, 6.07) is 0. The lowest BCUT2D eigenvalue weighted by Gasteiger charge is -2.25. The Balaban J connectivity index is 2.14. The van der Waals surface area contributed by atoms with Crippen molar-refractivity contribution < 1.29 is 24.1 Å². The molecule has 0 radical (unpaired) electrons. The van der Waals surface area contributed by atoms with Gasteiger partial charge < -0.3 is 19.3 Å². The van der Waals surface area contributed by atoms with Gasteiger partial charge in [-0.2, -0.15) is 0 Å². The first-order valence-corrected chi connectivity index (χ1v) is 4.81. The minimum absolute atomic E-state index is 0.149. The number of carbonyl (C=O) groups excluding carboxylic acids is 1. The molecule has 0 unspecified atom stereocenters. The second-order valence-electron chi connectivity index (χ2n) is 3.17. The van der Waals surface area contributed by atoms with Crippen molar-refractivity contribution in [3.63, 3.8) is 0 Å². The Bertz CT molecular complexity index is 182. The van der Waals surface area contributed by atoms with Crippen molar-refractivity contribution in [2.45, 2.75) is 32.0 Å². The summed E-state index contributed by atoms with van der Waals surface area (Å²) in [6.45, 7) is 2.67. The Morgan fingerprint density at radius 2 is 2.36 bits per heavy atom. The highest BCUT2D eigenvalue weighted by atomic mass is 16.7. The van der Waals surface area contributed by atoms with Gasteiger partial charge in [0.05, 0.1) is 18.8 Å². The molecule has 0 aliphatic carbocycles. The molecule has 5 heteroatoms. The molecule has 1 heterocycles. The Kier molecular flexibility index (Phi) is 4.69. The molecule has 82 valence electrons. The highest BCUT2D eigenvalue weighted by Gasteiger charge is 2.22. The third-order valence-electron chi connectivity index (χ3n) is 1.99. The van der Waals surface area contributed by atoms with Gasteiger partial charge in [0.15, 0.2) is 0 Å². The van der Waals surface area contributed by atoms with E-state index in [-0.39, 0.29) is 18.8 Å². The third-order valence-corrected chi connectivity index (χ3v) is 1.99. The molecule has 0 amide bonds. The van der Waals surface area contributed by atoms with Crippen LogP contribution in [0.5, 0.6) is 0 Å². The van der Waals surface area contributed by atoms with E-state index in [0.29, 0.717) is 26.1 Å². The normalized spacial score (nSPS) is 27.0. The highest BCUT2D eigenvalue weighted by Crippen LogP contribution is 2.13. The van der Waals surface area contributed by atoms with Crippen molar-refractivity contribution in [2.75, 3.05) is 19.8 Å². The summed E-state index contributed by atoms with van der Waals surface area (Å²) in [5, 5.41) is 9.30. The van der Waals surface area contributed by atoms with E-state index in [1.807, 2.05) is 0 Å². The van der Waals surface area contributed by atoms with Crippen LogP contribution in [0.25, 0.3) is 0 Å². The molecule has 1 rings (SSSR count). The van der Waals surface area contributed by atoms with Gasteiger partial charge in [-0.15, -0.1) is 0 Å². The largest absolute Gasteiger partial charge is 0.508 e. The number of carbonyl (C=O) groups is 1. The molecule has 14 heavy (non-hydrogen) atoms. The van der Waals surface area contributed by atoms with Crippen LogP contribution in [-0.4, -0.2) is 43.3 Å².